The van der Waals surface area contributed by atoms with E-state index in [2.05, 4.69) is 0 Å². The molecule has 4 rings (SSSR count). The minimum Gasteiger partial charge on any atom is -0.336 e. The van der Waals surface area contributed by atoms with Crippen LogP contribution in [-0.4, -0.2) is 55.5 Å². The molecule has 7 nitrogen and oxygen atoms in total. The summed E-state index contributed by atoms with van der Waals surface area (Å²) in [7, 11) is -3.85. The summed E-state index contributed by atoms with van der Waals surface area (Å²) in [6.07, 6.45) is 0. The first-order valence-electron chi connectivity index (χ1n) is 9.89. The summed E-state index contributed by atoms with van der Waals surface area (Å²) in [6, 6.07) is 18.2. The minimum atomic E-state index is -3.85. The number of amides is 1. The quantitative estimate of drug-likeness (QED) is 0.540. The second kappa shape index (κ2) is 9.04. The van der Waals surface area contributed by atoms with E-state index in [0.717, 1.165) is 0 Å². The van der Waals surface area contributed by atoms with Crippen molar-refractivity contribution in [3.8, 4) is 6.07 Å². The SMILES string of the molecule is N#Cc1ccccc1S(=O)(=O)N1CCN(C(=O)c2ccccc2C(=O)c2cccs2)CC1. The van der Waals surface area contributed by atoms with Crippen LogP contribution in [0.15, 0.2) is 70.9 Å². The Morgan fingerprint density at radius 1 is 0.875 bits per heavy atom. The van der Waals surface area contributed by atoms with E-state index in [1.807, 2.05) is 11.4 Å². The molecule has 32 heavy (non-hydrogen) atoms. The molecule has 1 saturated heterocycles. The van der Waals surface area contributed by atoms with Crippen LogP contribution in [0, 0.1) is 11.3 Å². The lowest BCUT2D eigenvalue weighted by atomic mass is 10.0. The van der Waals surface area contributed by atoms with E-state index >= 15 is 0 Å². The number of hydrogen-bond donors (Lipinski definition) is 0. The monoisotopic (exact) mass is 465 g/mol. The fourth-order valence-corrected chi connectivity index (χ4v) is 5.88. The summed E-state index contributed by atoms with van der Waals surface area (Å²) in [4.78, 5) is 28.1. The molecule has 0 atom stereocenters. The molecule has 0 spiro atoms. The predicted octanol–water partition coefficient (Wildman–Crippen LogP) is 3.00. The van der Waals surface area contributed by atoms with Crippen LogP contribution in [0.3, 0.4) is 0 Å². The molecule has 162 valence electrons. The summed E-state index contributed by atoms with van der Waals surface area (Å²) in [5.41, 5.74) is 0.724. The molecule has 1 aliphatic rings. The molecule has 0 unspecified atom stereocenters. The van der Waals surface area contributed by atoms with E-state index in [0.29, 0.717) is 16.0 Å². The lowest BCUT2D eigenvalue weighted by Crippen LogP contribution is -2.50. The van der Waals surface area contributed by atoms with Gasteiger partial charge in [0, 0.05) is 31.7 Å². The largest absolute Gasteiger partial charge is 0.336 e. The topological polar surface area (TPSA) is 98.5 Å². The molecular formula is C23H19N3O4S2. The van der Waals surface area contributed by atoms with Crippen molar-refractivity contribution in [3.63, 3.8) is 0 Å². The van der Waals surface area contributed by atoms with Crippen LogP contribution in [0.1, 0.15) is 31.2 Å². The molecule has 0 N–H and O–H groups in total. The van der Waals surface area contributed by atoms with E-state index in [4.69, 9.17) is 0 Å². The van der Waals surface area contributed by atoms with Crippen LogP contribution in [0.2, 0.25) is 0 Å². The molecule has 9 heteroatoms. The van der Waals surface area contributed by atoms with Crippen LogP contribution in [0.25, 0.3) is 0 Å². The summed E-state index contributed by atoms with van der Waals surface area (Å²) >= 11 is 1.32. The van der Waals surface area contributed by atoms with E-state index in [1.54, 1.807) is 53.4 Å². The number of carbonyl (C=O) groups excluding carboxylic acids is 2. The Morgan fingerprint density at radius 2 is 1.53 bits per heavy atom. The van der Waals surface area contributed by atoms with Gasteiger partial charge in [-0.05, 0) is 29.6 Å². The fraction of sp³-hybridized carbons (Fsp3) is 0.174. The Hall–Kier alpha value is -3.32. The van der Waals surface area contributed by atoms with Crippen LogP contribution in [-0.2, 0) is 10.0 Å². The first kappa shape index (κ1) is 21.9. The van der Waals surface area contributed by atoms with Gasteiger partial charge in [-0.25, -0.2) is 8.42 Å². The van der Waals surface area contributed by atoms with Crippen molar-refractivity contribution in [2.75, 3.05) is 26.2 Å². The maximum atomic E-state index is 13.2. The zero-order chi connectivity index (χ0) is 22.7. The van der Waals surface area contributed by atoms with Gasteiger partial charge in [0.2, 0.25) is 15.8 Å². The average Bonchev–Trinajstić information content (AvgIpc) is 3.38. The molecule has 2 aromatic carbocycles. The molecule has 2 heterocycles. The molecule has 1 aliphatic heterocycles. The third-order valence-corrected chi connectivity index (χ3v) is 8.12. The third kappa shape index (κ3) is 4.08. The third-order valence-electron chi connectivity index (χ3n) is 5.30. The van der Waals surface area contributed by atoms with Gasteiger partial charge in [0.1, 0.15) is 6.07 Å². The van der Waals surface area contributed by atoms with Crippen LogP contribution >= 0.6 is 11.3 Å². The number of nitriles is 1. The second-order valence-electron chi connectivity index (χ2n) is 7.16. The average molecular weight is 466 g/mol. The first-order chi connectivity index (χ1) is 15.4. The van der Waals surface area contributed by atoms with Gasteiger partial charge in [0.25, 0.3) is 5.91 Å². The van der Waals surface area contributed by atoms with Crippen molar-refractivity contribution in [1.29, 1.82) is 5.26 Å². The molecular weight excluding hydrogens is 446 g/mol. The molecule has 0 saturated carbocycles. The highest BCUT2D eigenvalue weighted by Crippen LogP contribution is 2.23. The lowest BCUT2D eigenvalue weighted by Gasteiger charge is -2.34. The van der Waals surface area contributed by atoms with Crippen LogP contribution < -0.4 is 0 Å². The minimum absolute atomic E-state index is 0.0332. The van der Waals surface area contributed by atoms with Crippen molar-refractivity contribution in [2.24, 2.45) is 0 Å². The first-order valence-corrected chi connectivity index (χ1v) is 12.2. The van der Waals surface area contributed by atoms with Crippen molar-refractivity contribution < 1.29 is 18.0 Å². The van der Waals surface area contributed by atoms with E-state index in [1.165, 1.54) is 27.8 Å². The summed E-state index contributed by atoms with van der Waals surface area (Å²) < 4.78 is 27.3. The van der Waals surface area contributed by atoms with Gasteiger partial charge < -0.3 is 4.90 Å². The van der Waals surface area contributed by atoms with Gasteiger partial charge in [-0.15, -0.1) is 11.3 Å². The Kier molecular flexibility index (Phi) is 6.19. The summed E-state index contributed by atoms with van der Waals surface area (Å²) in [5.74, 6) is -0.516. The number of sulfonamides is 1. The zero-order valence-corrected chi connectivity index (χ0v) is 18.6. The molecule has 3 aromatic rings. The maximum Gasteiger partial charge on any atom is 0.254 e. The highest BCUT2D eigenvalue weighted by Gasteiger charge is 2.32. The Bertz CT molecular complexity index is 1300. The highest BCUT2D eigenvalue weighted by atomic mass is 32.2. The highest BCUT2D eigenvalue weighted by molar-refractivity contribution is 7.89. The number of piperazine rings is 1. The zero-order valence-electron chi connectivity index (χ0n) is 17.0. The van der Waals surface area contributed by atoms with Gasteiger partial charge in [0.05, 0.1) is 20.9 Å². The number of benzene rings is 2. The normalized spacial score (nSPS) is 14.7. The lowest BCUT2D eigenvalue weighted by molar-refractivity contribution is 0.0694. The maximum absolute atomic E-state index is 13.2. The smallest absolute Gasteiger partial charge is 0.254 e. The standard InChI is InChI=1S/C23H19N3O4S2/c24-16-17-6-1-4-10-21(17)32(29,30)26-13-11-25(12-14-26)23(28)19-8-3-2-7-18(19)22(27)20-9-5-15-31-20/h1-10,15H,11-14H2. The van der Waals surface area contributed by atoms with E-state index < -0.39 is 10.0 Å². The van der Waals surface area contributed by atoms with Gasteiger partial charge in [0.15, 0.2) is 0 Å². The van der Waals surface area contributed by atoms with Gasteiger partial charge in [-0.1, -0.05) is 36.4 Å². The summed E-state index contributed by atoms with van der Waals surface area (Å²) in [6.45, 7) is 0.590. The molecule has 1 fully saturated rings. The number of thiophene rings is 1. The van der Waals surface area contributed by atoms with Crippen molar-refractivity contribution in [3.05, 3.63) is 87.6 Å². The van der Waals surface area contributed by atoms with Crippen molar-refractivity contribution in [2.45, 2.75) is 4.90 Å². The van der Waals surface area contributed by atoms with Gasteiger partial charge in [-0.2, -0.15) is 9.57 Å². The molecule has 1 aromatic heterocycles. The Balaban J connectivity index is 1.52. The Morgan fingerprint density at radius 3 is 2.19 bits per heavy atom. The second-order valence-corrected chi connectivity index (χ2v) is 10.0. The number of carbonyl (C=O) groups is 2. The van der Waals surface area contributed by atoms with E-state index in [-0.39, 0.29) is 48.3 Å². The molecule has 0 bridgehead atoms. The number of hydrogen-bond acceptors (Lipinski definition) is 6. The summed E-state index contributed by atoms with van der Waals surface area (Å²) in [5, 5.41) is 11.1. The van der Waals surface area contributed by atoms with E-state index in [9.17, 15) is 23.3 Å². The predicted molar refractivity (Wildman–Crippen MR) is 120 cm³/mol. The number of nitrogens with zero attached hydrogens (tertiary/aromatic N) is 3. The number of rotatable bonds is 5. The van der Waals surface area contributed by atoms with Crippen molar-refractivity contribution >= 4 is 33.1 Å². The number of ketones is 1. The molecule has 0 aliphatic carbocycles. The fourth-order valence-electron chi connectivity index (χ4n) is 3.63. The van der Waals surface area contributed by atoms with Crippen LogP contribution in [0.5, 0.6) is 0 Å². The molecule has 0 radical (unpaired) electrons. The van der Waals surface area contributed by atoms with Crippen LogP contribution in [0.4, 0.5) is 0 Å². The Labute approximate surface area is 190 Å². The van der Waals surface area contributed by atoms with Gasteiger partial charge >= 0.3 is 0 Å². The van der Waals surface area contributed by atoms with Crippen molar-refractivity contribution in [1.82, 2.24) is 9.21 Å². The molecule has 1 amide bonds. The van der Waals surface area contributed by atoms with Gasteiger partial charge in [-0.3, -0.25) is 9.59 Å².